The standard InChI is InChI=1S/C9H15F3N2/c1-5-7(9(10,11)12)8(6(2)3)14-13-4/h5,13-14H,1-4H3/b7-5+. The van der Waals surface area contributed by atoms with E-state index in [1.54, 1.807) is 13.8 Å². The Kier molecular flexibility index (Phi) is 4.70. The zero-order valence-electron chi connectivity index (χ0n) is 8.71. The summed E-state index contributed by atoms with van der Waals surface area (Å²) in [4.78, 5) is 0. The first-order valence-electron chi connectivity index (χ1n) is 4.18. The molecule has 0 rings (SSSR count). The van der Waals surface area contributed by atoms with Crippen LogP contribution in [0, 0.1) is 0 Å². The van der Waals surface area contributed by atoms with Gasteiger partial charge in [-0.3, -0.25) is 0 Å². The van der Waals surface area contributed by atoms with Crippen molar-refractivity contribution in [3.05, 3.63) is 22.9 Å². The van der Waals surface area contributed by atoms with Crippen LogP contribution in [0.4, 0.5) is 13.2 Å². The molecule has 0 aromatic heterocycles. The summed E-state index contributed by atoms with van der Waals surface area (Å²) in [7, 11) is 1.52. The Morgan fingerprint density at radius 3 is 1.93 bits per heavy atom. The third-order valence-electron chi connectivity index (χ3n) is 1.61. The Hall–Kier alpha value is -0.970. The van der Waals surface area contributed by atoms with Gasteiger partial charge >= 0.3 is 6.18 Å². The van der Waals surface area contributed by atoms with Crippen molar-refractivity contribution in [1.82, 2.24) is 10.9 Å². The fourth-order valence-electron chi connectivity index (χ4n) is 1.04. The number of alkyl halides is 3. The SMILES string of the molecule is C/C=C(\C(NNC)=C(C)C)C(F)(F)F. The van der Waals surface area contributed by atoms with Gasteiger partial charge in [-0.15, -0.1) is 0 Å². The molecule has 0 fully saturated rings. The van der Waals surface area contributed by atoms with Crippen LogP contribution in [0.5, 0.6) is 0 Å². The van der Waals surface area contributed by atoms with Crippen LogP contribution in [-0.2, 0) is 0 Å². The van der Waals surface area contributed by atoms with E-state index in [1.165, 1.54) is 14.0 Å². The second-order valence-corrected chi connectivity index (χ2v) is 2.95. The Morgan fingerprint density at radius 2 is 1.71 bits per heavy atom. The Bertz CT molecular complexity index is 247. The molecule has 0 radical (unpaired) electrons. The van der Waals surface area contributed by atoms with Gasteiger partial charge in [0.1, 0.15) is 0 Å². The highest BCUT2D eigenvalue weighted by molar-refractivity contribution is 5.35. The molecule has 0 aromatic rings. The van der Waals surface area contributed by atoms with E-state index in [0.717, 1.165) is 6.08 Å². The first-order valence-corrected chi connectivity index (χ1v) is 4.18. The molecule has 0 aliphatic rings. The van der Waals surface area contributed by atoms with Gasteiger partial charge in [-0.2, -0.15) is 13.2 Å². The summed E-state index contributed by atoms with van der Waals surface area (Å²) >= 11 is 0. The summed E-state index contributed by atoms with van der Waals surface area (Å²) in [6.07, 6.45) is -3.28. The second kappa shape index (κ2) is 5.05. The summed E-state index contributed by atoms with van der Waals surface area (Å²) in [5.41, 5.74) is 4.95. The van der Waals surface area contributed by atoms with Gasteiger partial charge in [0.15, 0.2) is 0 Å². The number of hydrogen-bond donors (Lipinski definition) is 2. The van der Waals surface area contributed by atoms with Crippen molar-refractivity contribution in [2.75, 3.05) is 7.05 Å². The van der Waals surface area contributed by atoms with Gasteiger partial charge in [0.2, 0.25) is 0 Å². The molecule has 0 bridgehead atoms. The summed E-state index contributed by atoms with van der Waals surface area (Å²) < 4.78 is 37.5. The molecule has 0 atom stereocenters. The number of hydrazine groups is 1. The number of rotatable bonds is 3. The lowest BCUT2D eigenvalue weighted by molar-refractivity contribution is -0.0902. The van der Waals surface area contributed by atoms with E-state index in [2.05, 4.69) is 10.9 Å². The molecule has 0 saturated heterocycles. The van der Waals surface area contributed by atoms with Crippen molar-refractivity contribution in [2.45, 2.75) is 26.9 Å². The highest BCUT2D eigenvalue weighted by Gasteiger charge is 2.35. The first kappa shape index (κ1) is 13.0. The van der Waals surface area contributed by atoms with Crippen molar-refractivity contribution in [1.29, 1.82) is 0 Å². The van der Waals surface area contributed by atoms with Crippen LogP contribution in [0.2, 0.25) is 0 Å². The minimum Gasteiger partial charge on any atom is -0.321 e. The van der Waals surface area contributed by atoms with Gasteiger partial charge < -0.3 is 5.43 Å². The molecule has 0 saturated carbocycles. The second-order valence-electron chi connectivity index (χ2n) is 2.95. The zero-order chi connectivity index (χ0) is 11.4. The van der Waals surface area contributed by atoms with E-state index >= 15 is 0 Å². The Labute approximate surface area is 81.8 Å². The largest absolute Gasteiger partial charge is 0.418 e. The molecule has 0 amide bonds. The van der Waals surface area contributed by atoms with E-state index < -0.39 is 11.7 Å². The predicted octanol–water partition coefficient (Wildman–Crippen LogP) is 2.51. The molecule has 14 heavy (non-hydrogen) atoms. The van der Waals surface area contributed by atoms with E-state index in [1.807, 2.05) is 0 Å². The monoisotopic (exact) mass is 208 g/mol. The molecule has 2 nitrogen and oxygen atoms in total. The fraction of sp³-hybridized carbons (Fsp3) is 0.556. The molecule has 0 aromatic carbocycles. The van der Waals surface area contributed by atoms with Gasteiger partial charge in [-0.05, 0) is 20.8 Å². The van der Waals surface area contributed by atoms with Gasteiger partial charge in [-0.25, -0.2) is 5.43 Å². The molecule has 0 aliphatic carbocycles. The van der Waals surface area contributed by atoms with Gasteiger partial charge in [0, 0.05) is 7.05 Å². The summed E-state index contributed by atoms with van der Waals surface area (Å²) in [6, 6.07) is 0. The molecule has 5 heteroatoms. The highest BCUT2D eigenvalue weighted by atomic mass is 19.4. The van der Waals surface area contributed by atoms with Crippen LogP contribution in [0.1, 0.15) is 20.8 Å². The van der Waals surface area contributed by atoms with E-state index in [-0.39, 0.29) is 5.70 Å². The molecular formula is C9H15F3N2. The lowest BCUT2D eigenvalue weighted by Gasteiger charge is -2.17. The lowest BCUT2D eigenvalue weighted by atomic mass is 10.1. The van der Waals surface area contributed by atoms with Crippen molar-refractivity contribution >= 4 is 0 Å². The fourth-order valence-corrected chi connectivity index (χ4v) is 1.04. The van der Waals surface area contributed by atoms with Crippen molar-refractivity contribution in [2.24, 2.45) is 0 Å². The Balaban J connectivity index is 5.12. The van der Waals surface area contributed by atoms with E-state index in [9.17, 15) is 13.2 Å². The van der Waals surface area contributed by atoms with E-state index in [4.69, 9.17) is 0 Å². The highest BCUT2D eigenvalue weighted by Crippen LogP contribution is 2.30. The minimum atomic E-state index is -4.33. The van der Waals surface area contributed by atoms with Crippen molar-refractivity contribution in [3.63, 3.8) is 0 Å². The maximum absolute atomic E-state index is 12.5. The first-order chi connectivity index (χ1) is 6.34. The van der Waals surface area contributed by atoms with Crippen molar-refractivity contribution < 1.29 is 13.2 Å². The van der Waals surface area contributed by atoms with Crippen molar-refractivity contribution in [3.8, 4) is 0 Å². The average Bonchev–Trinajstić information content (AvgIpc) is 2.01. The third-order valence-corrected chi connectivity index (χ3v) is 1.61. The molecule has 0 heterocycles. The quantitative estimate of drug-likeness (QED) is 0.550. The minimum absolute atomic E-state index is 0.0718. The van der Waals surface area contributed by atoms with Crippen LogP contribution < -0.4 is 10.9 Å². The Morgan fingerprint density at radius 1 is 1.21 bits per heavy atom. The lowest BCUT2D eigenvalue weighted by Crippen LogP contribution is -2.32. The number of halogens is 3. The molecular weight excluding hydrogens is 193 g/mol. The van der Waals surface area contributed by atoms with Crippen LogP contribution in [0.15, 0.2) is 22.9 Å². The normalized spacial score (nSPS) is 12.6. The number of allylic oxidation sites excluding steroid dienone is 3. The molecule has 0 spiro atoms. The third kappa shape index (κ3) is 3.41. The predicted molar refractivity (Wildman–Crippen MR) is 50.4 cm³/mol. The average molecular weight is 208 g/mol. The maximum atomic E-state index is 12.5. The maximum Gasteiger partial charge on any atom is 0.418 e. The molecule has 2 N–H and O–H groups in total. The van der Waals surface area contributed by atoms with Crippen LogP contribution in [-0.4, -0.2) is 13.2 Å². The number of nitrogens with one attached hydrogen (secondary N) is 2. The van der Waals surface area contributed by atoms with Gasteiger partial charge in [0.05, 0.1) is 11.3 Å². The summed E-state index contributed by atoms with van der Waals surface area (Å²) in [6.45, 7) is 4.60. The van der Waals surface area contributed by atoms with Crippen LogP contribution >= 0.6 is 0 Å². The van der Waals surface area contributed by atoms with E-state index in [0.29, 0.717) is 5.57 Å². The molecule has 82 valence electrons. The van der Waals surface area contributed by atoms with Crippen LogP contribution in [0.3, 0.4) is 0 Å². The van der Waals surface area contributed by atoms with Gasteiger partial charge in [-0.1, -0.05) is 11.6 Å². The zero-order valence-corrected chi connectivity index (χ0v) is 8.71. The topological polar surface area (TPSA) is 24.1 Å². The smallest absolute Gasteiger partial charge is 0.321 e. The molecule has 0 aliphatic heterocycles. The van der Waals surface area contributed by atoms with Crippen LogP contribution in [0.25, 0.3) is 0 Å². The van der Waals surface area contributed by atoms with Gasteiger partial charge in [0.25, 0.3) is 0 Å². The molecule has 0 unspecified atom stereocenters. The summed E-state index contributed by atoms with van der Waals surface area (Å²) in [5.74, 6) is 0. The summed E-state index contributed by atoms with van der Waals surface area (Å²) in [5, 5.41) is 0. The number of hydrogen-bond acceptors (Lipinski definition) is 2.